The number of rotatable bonds is 11. The Morgan fingerprint density at radius 1 is 1.18 bits per heavy atom. The molecule has 2 nitrogen and oxygen atoms in total. The van der Waals surface area contributed by atoms with Crippen molar-refractivity contribution in [1.82, 2.24) is 4.90 Å². The first-order chi connectivity index (χ1) is 8.30. The van der Waals surface area contributed by atoms with Gasteiger partial charge in [-0.1, -0.05) is 20.3 Å². The number of nitrogens with zero attached hydrogens (tertiary/aromatic N) is 1. The lowest BCUT2D eigenvalue weighted by Crippen LogP contribution is -2.28. The fourth-order valence-electron chi connectivity index (χ4n) is 2.67. The molecule has 1 aliphatic rings. The molecule has 1 fully saturated rings. The Hall–Kier alpha value is -0.0800. The van der Waals surface area contributed by atoms with E-state index in [1.807, 2.05) is 0 Å². The van der Waals surface area contributed by atoms with Crippen LogP contribution < -0.4 is 5.73 Å². The Bertz CT molecular complexity index is 178. The van der Waals surface area contributed by atoms with Crippen molar-refractivity contribution in [3.8, 4) is 0 Å². The van der Waals surface area contributed by atoms with E-state index in [0.29, 0.717) is 0 Å². The summed E-state index contributed by atoms with van der Waals surface area (Å²) in [7, 11) is 0. The van der Waals surface area contributed by atoms with Crippen molar-refractivity contribution in [2.45, 2.75) is 58.8 Å². The van der Waals surface area contributed by atoms with E-state index in [0.717, 1.165) is 18.4 Å². The molecular weight excluding hydrogens is 208 g/mol. The van der Waals surface area contributed by atoms with Crippen LogP contribution in [-0.2, 0) is 0 Å². The average Bonchev–Trinajstić information content (AvgIpc) is 3.12. The lowest BCUT2D eigenvalue weighted by Gasteiger charge is -2.22. The van der Waals surface area contributed by atoms with Crippen LogP contribution in [0.1, 0.15) is 58.8 Å². The zero-order chi connectivity index (χ0) is 12.5. The first kappa shape index (κ1) is 15.0. The summed E-state index contributed by atoms with van der Waals surface area (Å²) in [5, 5.41) is 0. The molecule has 0 amide bonds. The summed E-state index contributed by atoms with van der Waals surface area (Å²) in [6.45, 7) is 9.42. The van der Waals surface area contributed by atoms with Gasteiger partial charge in [-0.3, -0.25) is 0 Å². The molecule has 0 aliphatic heterocycles. The van der Waals surface area contributed by atoms with Gasteiger partial charge in [0.15, 0.2) is 0 Å². The predicted octanol–water partition coefficient (Wildman–Crippen LogP) is 3.26. The molecule has 2 N–H and O–H groups in total. The molecule has 0 spiro atoms. The van der Waals surface area contributed by atoms with Gasteiger partial charge in [-0.25, -0.2) is 0 Å². The fraction of sp³-hybridized carbons (Fsp3) is 1.00. The molecule has 1 saturated carbocycles. The monoisotopic (exact) mass is 240 g/mol. The Morgan fingerprint density at radius 2 is 1.94 bits per heavy atom. The van der Waals surface area contributed by atoms with Crippen LogP contribution in [0, 0.1) is 11.8 Å². The first-order valence-corrected chi connectivity index (χ1v) is 7.72. The van der Waals surface area contributed by atoms with Crippen LogP contribution in [0.3, 0.4) is 0 Å². The van der Waals surface area contributed by atoms with Gasteiger partial charge in [0, 0.05) is 6.54 Å². The van der Waals surface area contributed by atoms with E-state index >= 15 is 0 Å². The van der Waals surface area contributed by atoms with Gasteiger partial charge in [0.05, 0.1) is 0 Å². The van der Waals surface area contributed by atoms with E-state index in [-0.39, 0.29) is 0 Å². The van der Waals surface area contributed by atoms with Gasteiger partial charge < -0.3 is 10.6 Å². The van der Waals surface area contributed by atoms with Crippen molar-refractivity contribution in [3.63, 3.8) is 0 Å². The highest BCUT2D eigenvalue weighted by Gasteiger charge is 2.23. The molecule has 102 valence electrons. The molecule has 0 saturated heterocycles. The van der Waals surface area contributed by atoms with Crippen LogP contribution in [0.25, 0.3) is 0 Å². The summed E-state index contributed by atoms with van der Waals surface area (Å²) < 4.78 is 0. The molecule has 0 aromatic rings. The molecule has 0 aromatic heterocycles. The summed E-state index contributed by atoms with van der Waals surface area (Å²) in [6.07, 6.45) is 9.51. The van der Waals surface area contributed by atoms with Crippen molar-refractivity contribution in [1.29, 1.82) is 0 Å². The highest BCUT2D eigenvalue weighted by atomic mass is 15.1. The maximum absolute atomic E-state index is 5.65. The van der Waals surface area contributed by atoms with E-state index in [9.17, 15) is 0 Å². The lowest BCUT2D eigenvalue weighted by atomic mass is 9.96. The molecular formula is C15H32N2. The van der Waals surface area contributed by atoms with E-state index in [1.54, 1.807) is 0 Å². The average molecular weight is 240 g/mol. The zero-order valence-corrected chi connectivity index (χ0v) is 12.0. The summed E-state index contributed by atoms with van der Waals surface area (Å²) in [6, 6.07) is 0. The Labute approximate surface area is 108 Å². The smallest absolute Gasteiger partial charge is 0.000966 e. The Morgan fingerprint density at radius 3 is 2.47 bits per heavy atom. The third-order valence-electron chi connectivity index (χ3n) is 3.99. The van der Waals surface area contributed by atoms with Crippen LogP contribution in [-0.4, -0.2) is 31.1 Å². The second kappa shape index (κ2) is 8.93. The van der Waals surface area contributed by atoms with Crippen LogP contribution in [0.2, 0.25) is 0 Å². The van der Waals surface area contributed by atoms with Crippen molar-refractivity contribution in [2.75, 3.05) is 26.2 Å². The van der Waals surface area contributed by atoms with Gasteiger partial charge in [-0.2, -0.15) is 0 Å². The molecule has 17 heavy (non-hydrogen) atoms. The lowest BCUT2D eigenvalue weighted by molar-refractivity contribution is 0.249. The number of hydrogen-bond donors (Lipinski definition) is 1. The summed E-state index contributed by atoms with van der Waals surface area (Å²) in [4.78, 5) is 2.69. The van der Waals surface area contributed by atoms with E-state index < -0.39 is 0 Å². The highest BCUT2D eigenvalue weighted by Crippen LogP contribution is 2.29. The maximum Gasteiger partial charge on any atom is 0.000966 e. The minimum Gasteiger partial charge on any atom is -0.330 e. The van der Waals surface area contributed by atoms with Crippen LogP contribution in [0.4, 0.5) is 0 Å². The summed E-state index contributed by atoms with van der Waals surface area (Å²) in [5.41, 5.74) is 5.65. The minimum absolute atomic E-state index is 0.860. The quantitative estimate of drug-likeness (QED) is 0.600. The minimum atomic E-state index is 0.860. The molecule has 2 heteroatoms. The van der Waals surface area contributed by atoms with Crippen molar-refractivity contribution in [2.24, 2.45) is 17.6 Å². The van der Waals surface area contributed by atoms with Gasteiger partial charge >= 0.3 is 0 Å². The number of nitrogens with two attached hydrogens (primary N) is 1. The first-order valence-electron chi connectivity index (χ1n) is 7.72. The predicted molar refractivity (Wildman–Crippen MR) is 76.1 cm³/mol. The van der Waals surface area contributed by atoms with Gasteiger partial charge in [-0.15, -0.1) is 0 Å². The molecule has 0 radical (unpaired) electrons. The third kappa shape index (κ3) is 7.05. The zero-order valence-electron chi connectivity index (χ0n) is 12.0. The summed E-state index contributed by atoms with van der Waals surface area (Å²) in [5.74, 6) is 1.90. The molecule has 0 heterocycles. The van der Waals surface area contributed by atoms with Gasteiger partial charge in [0.1, 0.15) is 0 Å². The standard InChI is InChI=1S/C15H32N2/c1-3-11-17(13-15-7-8-15)12-5-6-14(4-2)9-10-16/h14-15H,3-13,16H2,1-2H3. The van der Waals surface area contributed by atoms with Crippen molar-refractivity contribution in [3.05, 3.63) is 0 Å². The normalized spacial score (nSPS) is 17.6. The Balaban J connectivity index is 2.11. The van der Waals surface area contributed by atoms with Gasteiger partial charge in [-0.05, 0) is 70.0 Å². The molecule has 1 rings (SSSR count). The van der Waals surface area contributed by atoms with Crippen LogP contribution in [0.5, 0.6) is 0 Å². The fourth-order valence-corrected chi connectivity index (χ4v) is 2.67. The second-order valence-electron chi connectivity index (χ2n) is 5.74. The van der Waals surface area contributed by atoms with Gasteiger partial charge in [0.2, 0.25) is 0 Å². The molecule has 0 aromatic carbocycles. The maximum atomic E-state index is 5.65. The third-order valence-corrected chi connectivity index (χ3v) is 3.99. The van der Waals surface area contributed by atoms with Crippen molar-refractivity contribution < 1.29 is 0 Å². The van der Waals surface area contributed by atoms with E-state index in [2.05, 4.69) is 18.7 Å². The van der Waals surface area contributed by atoms with E-state index in [4.69, 9.17) is 5.73 Å². The van der Waals surface area contributed by atoms with Gasteiger partial charge in [0.25, 0.3) is 0 Å². The molecule has 1 atom stereocenters. The van der Waals surface area contributed by atoms with Crippen LogP contribution >= 0.6 is 0 Å². The summed E-state index contributed by atoms with van der Waals surface area (Å²) >= 11 is 0. The molecule has 0 bridgehead atoms. The second-order valence-corrected chi connectivity index (χ2v) is 5.74. The Kier molecular flexibility index (Phi) is 7.87. The number of hydrogen-bond acceptors (Lipinski definition) is 2. The molecule has 1 unspecified atom stereocenters. The topological polar surface area (TPSA) is 29.3 Å². The molecule has 1 aliphatic carbocycles. The largest absolute Gasteiger partial charge is 0.330 e. The SMILES string of the molecule is CCCN(CCCC(CC)CCN)CC1CC1. The highest BCUT2D eigenvalue weighted by molar-refractivity contribution is 4.77. The van der Waals surface area contributed by atoms with Crippen molar-refractivity contribution >= 4 is 0 Å². The van der Waals surface area contributed by atoms with E-state index in [1.165, 1.54) is 64.6 Å². The van der Waals surface area contributed by atoms with Crippen LogP contribution in [0.15, 0.2) is 0 Å².